The van der Waals surface area contributed by atoms with Crippen LogP contribution in [0.3, 0.4) is 0 Å². The normalized spacial score (nSPS) is 17.5. The summed E-state index contributed by atoms with van der Waals surface area (Å²) < 4.78 is 3.53. The number of piperidine rings is 1. The maximum atomic E-state index is 13.2. The fourth-order valence-corrected chi connectivity index (χ4v) is 5.54. The fourth-order valence-electron chi connectivity index (χ4n) is 4.51. The summed E-state index contributed by atoms with van der Waals surface area (Å²) in [5.74, 6) is 1.55. The molecule has 1 aliphatic rings. The fraction of sp³-hybridized carbons (Fsp3) is 0.333. The highest BCUT2D eigenvalue weighted by atomic mass is 32.1. The van der Waals surface area contributed by atoms with Crippen LogP contribution in [0, 0.1) is 0 Å². The Kier molecular flexibility index (Phi) is 4.63. The summed E-state index contributed by atoms with van der Waals surface area (Å²) in [6.45, 7) is 5.98. The first-order chi connectivity index (χ1) is 14.1. The molecule has 1 amide bonds. The number of aromatic nitrogens is 2. The van der Waals surface area contributed by atoms with Gasteiger partial charge in [0.15, 0.2) is 0 Å². The van der Waals surface area contributed by atoms with Crippen molar-refractivity contribution in [2.24, 2.45) is 0 Å². The van der Waals surface area contributed by atoms with Crippen molar-refractivity contribution in [1.82, 2.24) is 14.5 Å². The molecule has 5 heteroatoms. The van der Waals surface area contributed by atoms with Gasteiger partial charge in [0.1, 0.15) is 5.82 Å². The Morgan fingerprint density at radius 2 is 1.93 bits per heavy atom. The topological polar surface area (TPSA) is 38.1 Å². The van der Waals surface area contributed by atoms with Gasteiger partial charge in [-0.2, -0.15) is 0 Å². The molecule has 3 heterocycles. The predicted octanol–water partition coefficient (Wildman–Crippen LogP) is 5.85. The number of likely N-dealkylation sites (tertiary alicyclic amines) is 1. The van der Waals surface area contributed by atoms with Crippen molar-refractivity contribution in [1.29, 1.82) is 0 Å². The maximum absolute atomic E-state index is 13.2. The van der Waals surface area contributed by atoms with Gasteiger partial charge in [0, 0.05) is 29.7 Å². The standard InChI is InChI=1S/C24H25N3OS/c1-16(2)27-20-11-5-4-10-19(20)25-23(27)18-9-7-13-26(15-18)24(28)22-14-17-8-3-6-12-21(17)29-22/h3-6,8,10-12,14,16,18H,7,9,13,15H2,1-2H3. The van der Waals surface area contributed by atoms with E-state index in [0.717, 1.165) is 47.5 Å². The van der Waals surface area contributed by atoms with Crippen LogP contribution in [0.25, 0.3) is 21.1 Å². The number of thiophene rings is 1. The van der Waals surface area contributed by atoms with E-state index in [1.165, 1.54) is 10.2 Å². The lowest BCUT2D eigenvalue weighted by molar-refractivity contribution is 0.0708. The van der Waals surface area contributed by atoms with E-state index < -0.39 is 0 Å². The van der Waals surface area contributed by atoms with Gasteiger partial charge in [0.05, 0.1) is 15.9 Å². The molecule has 0 saturated carbocycles. The Morgan fingerprint density at radius 3 is 2.76 bits per heavy atom. The van der Waals surface area contributed by atoms with E-state index >= 15 is 0 Å². The smallest absolute Gasteiger partial charge is 0.263 e. The average Bonchev–Trinajstić information content (AvgIpc) is 3.35. The van der Waals surface area contributed by atoms with Crippen LogP contribution in [0.2, 0.25) is 0 Å². The van der Waals surface area contributed by atoms with E-state index in [-0.39, 0.29) is 11.8 Å². The first kappa shape index (κ1) is 18.4. The summed E-state index contributed by atoms with van der Waals surface area (Å²) in [7, 11) is 0. The molecule has 4 nitrogen and oxygen atoms in total. The third kappa shape index (κ3) is 3.23. The van der Waals surface area contributed by atoms with Crippen molar-refractivity contribution in [3.8, 4) is 0 Å². The summed E-state index contributed by atoms with van der Waals surface area (Å²) in [6, 6.07) is 18.9. The Hall–Kier alpha value is -2.66. The SMILES string of the molecule is CC(C)n1c(C2CCCN(C(=O)c3cc4ccccc4s3)C2)nc2ccccc21. The van der Waals surface area contributed by atoms with Gasteiger partial charge >= 0.3 is 0 Å². The molecule has 0 bridgehead atoms. The van der Waals surface area contributed by atoms with E-state index in [9.17, 15) is 4.79 Å². The molecule has 0 N–H and O–H groups in total. The summed E-state index contributed by atoms with van der Waals surface area (Å²) in [5, 5.41) is 1.15. The van der Waals surface area contributed by atoms with E-state index in [1.807, 2.05) is 29.2 Å². The zero-order valence-corrected chi connectivity index (χ0v) is 17.7. The molecule has 1 unspecified atom stereocenters. The van der Waals surface area contributed by atoms with Crippen LogP contribution in [-0.2, 0) is 0 Å². The summed E-state index contributed by atoms with van der Waals surface area (Å²) in [6.07, 6.45) is 2.09. The van der Waals surface area contributed by atoms with Gasteiger partial charge in [0.25, 0.3) is 5.91 Å². The quantitative estimate of drug-likeness (QED) is 0.430. The predicted molar refractivity (Wildman–Crippen MR) is 120 cm³/mol. The number of para-hydroxylation sites is 2. The van der Waals surface area contributed by atoms with Crippen LogP contribution in [-0.4, -0.2) is 33.4 Å². The lowest BCUT2D eigenvalue weighted by atomic mass is 9.96. The Labute approximate surface area is 174 Å². The molecule has 0 radical (unpaired) electrons. The minimum atomic E-state index is 0.156. The van der Waals surface area contributed by atoms with E-state index in [4.69, 9.17) is 4.98 Å². The third-order valence-corrected chi connectivity index (χ3v) is 6.95. The second-order valence-electron chi connectivity index (χ2n) is 8.16. The number of hydrogen-bond donors (Lipinski definition) is 0. The van der Waals surface area contributed by atoms with Gasteiger partial charge in [-0.05, 0) is 56.3 Å². The van der Waals surface area contributed by atoms with Crippen molar-refractivity contribution in [2.75, 3.05) is 13.1 Å². The van der Waals surface area contributed by atoms with Crippen LogP contribution < -0.4 is 0 Å². The second-order valence-corrected chi connectivity index (χ2v) is 9.25. The second kappa shape index (κ2) is 7.30. The van der Waals surface area contributed by atoms with Crippen LogP contribution in [0.5, 0.6) is 0 Å². The lowest BCUT2D eigenvalue weighted by Crippen LogP contribution is -2.39. The minimum absolute atomic E-state index is 0.156. The Bertz CT molecular complexity index is 1160. The lowest BCUT2D eigenvalue weighted by Gasteiger charge is -2.33. The molecule has 148 valence electrons. The number of imidazole rings is 1. The van der Waals surface area contributed by atoms with Gasteiger partial charge in [0.2, 0.25) is 0 Å². The highest BCUT2D eigenvalue weighted by Crippen LogP contribution is 2.33. The first-order valence-electron chi connectivity index (χ1n) is 10.4. The van der Waals surface area contributed by atoms with E-state index in [2.05, 4.69) is 48.7 Å². The van der Waals surface area contributed by atoms with Crippen LogP contribution in [0.15, 0.2) is 54.6 Å². The van der Waals surface area contributed by atoms with Gasteiger partial charge in [-0.1, -0.05) is 30.3 Å². The molecule has 1 atom stereocenters. The average molecular weight is 404 g/mol. The number of fused-ring (bicyclic) bond motifs is 2. The number of carbonyl (C=O) groups excluding carboxylic acids is 1. The number of amides is 1. The maximum Gasteiger partial charge on any atom is 0.263 e. The van der Waals surface area contributed by atoms with Crippen molar-refractivity contribution >= 4 is 38.4 Å². The van der Waals surface area contributed by atoms with E-state index in [1.54, 1.807) is 11.3 Å². The highest BCUT2D eigenvalue weighted by Gasteiger charge is 2.30. The number of rotatable bonds is 3. The Balaban J connectivity index is 1.46. The number of hydrogen-bond acceptors (Lipinski definition) is 3. The van der Waals surface area contributed by atoms with Gasteiger partial charge in [-0.15, -0.1) is 11.3 Å². The number of nitrogens with zero attached hydrogens (tertiary/aromatic N) is 3. The summed E-state index contributed by atoms with van der Waals surface area (Å²) >= 11 is 1.60. The van der Waals surface area contributed by atoms with Gasteiger partial charge < -0.3 is 9.47 Å². The van der Waals surface area contributed by atoms with Crippen LogP contribution in [0.4, 0.5) is 0 Å². The van der Waals surface area contributed by atoms with Crippen LogP contribution in [0.1, 0.15) is 54.1 Å². The molecular weight excluding hydrogens is 378 g/mol. The number of carbonyl (C=O) groups is 1. The zero-order chi connectivity index (χ0) is 20.0. The zero-order valence-electron chi connectivity index (χ0n) is 16.8. The molecule has 29 heavy (non-hydrogen) atoms. The van der Waals surface area contributed by atoms with Crippen molar-refractivity contribution in [3.63, 3.8) is 0 Å². The van der Waals surface area contributed by atoms with Gasteiger partial charge in [-0.25, -0.2) is 4.98 Å². The number of benzene rings is 2. The molecule has 4 aromatic rings. The molecule has 2 aromatic carbocycles. The molecule has 5 rings (SSSR count). The highest BCUT2D eigenvalue weighted by molar-refractivity contribution is 7.20. The largest absolute Gasteiger partial charge is 0.337 e. The summed E-state index contributed by atoms with van der Waals surface area (Å²) in [5.41, 5.74) is 2.23. The van der Waals surface area contributed by atoms with Crippen LogP contribution >= 0.6 is 11.3 Å². The molecule has 1 aliphatic heterocycles. The summed E-state index contributed by atoms with van der Waals surface area (Å²) in [4.78, 5) is 21.1. The molecular formula is C24H25N3OS. The van der Waals surface area contributed by atoms with Crippen molar-refractivity contribution in [3.05, 3.63) is 65.3 Å². The van der Waals surface area contributed by atoms with Crippen molar-refractivity contribution < 1.29 is 4.79 Å². The monoisotopic (exact) mass is 403 g/mol. The molecule has 2 aromatic heterocycles. The van der Waals surface area contributed by atoms with E-state index in [0.29, 0.717) is 6.04 Å². The molecule has 1 fully saturated rings. The Morgan fingerprint density at radius 1 is 1.14 bits per heavy atom. The minimum Gasteiger partial charge on any atom is -0.337 e. The third-order valence-electron chi connectivity index (χ3n) is 5.85. The molecule has 0 aliphatic carbocycles. The van der Waals surface area contributed by atoms with Gasteiger partial charge in [-0.3, -0.25) is 4.79 Å². The molecule has 1 saturated heterocycles. The van der Waals surface area contributed by atoms with Crippen molar-refractivity contribution in [2.45, 2.75) is 38.6 Å². The first-order valence-corrected chi connectivity index (χ1v) is 11.2. The molecule has 0 spiro atoms.